The van der Waals surface area contributed by atoms with Crippen molar-refractivity contribution in [1.82, 2.24) is 4.48 Å². The molecular formula is C12H13BrNO2+. The van der Waals surface area contributed by atoms with Crippen molar-refractivity contribution < 1.29 is 9.90 Å². The number of fused-ring (bicyclic) bond motifs is 1. The second-order valence-corrected chi connectivity index (χ2v) is 5.07. The molecule has 4 heteroatoms. The summed E-state index contributed by atoms with van der Waals surface area (Å²) in [6, 6.07) is 6.09. The van der Waals surface area contributed by atoms with Crippen LogP contribution in [0.1, 0.15) is 12.0 Å². The number of halogens is 1. The highest BCUT2D eigenvalue weighted by molar-refractivity contribution is 9.10. The lowest BCUT2D eigenvalue weighted by Crippen LogP contribution is -2.39. The molecule has 1 unspecified atom stereocenters. The Morgan fingerprint density at radius 2 is 2.25 bits per heavy atom. The fraction of sp³-hybridized carbons (Fsp3) is 0.250. The van der Waals surface area contributed by atoms with Crippen LogP contribution in [0.3, 0.4) is 0 Å². The first-order chi connectivity index (χ1) is 7.51. The smallest absolute Gasteiger partial charge is 0.309 e. The van der Waals surface area contributed by atoms with Gasteiger partial charge in [-0.3, -0.25) is 9.28 Å². The second kappa shape index (κ2) is 4.03. The van der Waals surface area contributed by atoms with Gasteiger partial charge in [-0.1, -0.05) is 15.9 Å². The van der Waals surface area contributed by atoms with Gasteiger partial charge in [-0.05, 0) is 12.1 Å². The lowest BCUT2D eigenvalue weighted by molar-refractivity contribution is -0.137. The summed E-state index contributed by atoms with van der Waals surface area (Å²) in [7, 11) is 2.03. The summed E-state index contributed by atoms with van der Waals surface area (Å²) in [4.78, 5) is 10.6. The van der Waals surface area contributed by atoms with Crippen molar-refractivity contribution in [3.05, 3.63) is 34.4 Å². The summed E-state index contributed by atoms with van der Waals surface area (Å²) in [5, 5.41) is 8.75. The fourth-order valence-corrected chi connectivity index (χ4v) is 2.30. The predicted octanol–water partition coefficient (Wildman–Crippen LogP) is 2.85. The van der Waals surface area contributed by atoms with Crippen LogP contribution in [0.25, 0.3) is 6.08 Å². The molecule has 1 aromatic carbocycles. The van der Waals surface area contributed by atoms with Crippen molar-refractivity contribution in [2.24, 2.45) is 0 Å². The average Bonchev–Trinajstić information content (AvgIpc) is 2.55. The van der Waals surface area contributed by atoms with Crippen LogP contribution in [0, 0.1) is 0 Å². The van der Waals surface area contributed by atoms with E-state index >= 15 is 0 Å². The summed E-state index contributed by atoms with van der Waals surface area (Å²) >= 11 is 3.44. The molecule has 0 saturated heterocycles. The van der Waals surface area contributed by atoms with Crippen molar-refractivity contribution >= 4 is 33.7 Å². The molecule has 0 bridgehead atoms. The van der Waals surface area contributed by atoms with Crippen LogP contribution in [0.2, 0.25) is 0 Å². The molecular weight excluding hydrogens is 270 g/mol. The van der Waals surface area contributed by atoms with Crippen LogP contribution in [-0.2, 0) is 4.79 Å². The van der Waals surface area contributed by atoms with E-state index < -0.39 is 5.97 Å². The monoisotopic (exact) mass is 282 g/mol. The fourth-order valence-electron chi connectivity index (χ4n) is 1.95. The van der Waals surface area contributed by atoms with Crippen molar-refractivity contribution in [1.29, 1.82) is 0 Å². The van der Waals surface area contributed by atoms with Crippen LogP contribution >= 0.6 is 15.9 Å². The summed E-state index contributed by atoms with van der Waals surface area (Å²) in [5.74, 6) is -0.754. The number of carboxylic acids is 1. The van der Waals surface area contributed by atoms with E-state index in [0.717, 1.165) is 15.7 Å². The van der Waals surface area contributed by atoms with Gasteiger partial charge in [-0.2, -0.15) is 0 Å². The van der Waals surface area contributed by atoms with Crippen molar-refractivity contribution in [2.45, 2.75) is 6.42 Å². The molecule has 2 rings (SSSR count). The van der Waals surface area contributed by atoms with Gasteiger partial charge in [-0.15, -0.1) is 0 Å². The lowest BCUT2D eigenvalue weighted by Gasteiger charge is -2.26. The Kier molecular flexibility index (Phi) is 2.86. The highest BCUT2D eigenvalue weighted by atomic mass is 79.9. The quantitative estimate of drug-likeness (QED) is 0.866. The molecule has 1 aliphatic heterocycles. The number of rotatable bonds is 3. The molecule has 0 aliphatic carbocycles. The van der Waals surface area contributed by atoms with Crippen LogP contribution in [0.4, 0.5) is 5.69 Å². The molecule has 1 heterocycles. The molecule has 0 fully saturated rings. The second-order valence-electron chi connectivity index (χ2n) is 4.15. The number of hydrogen-bond acceptors (Lipinski definition) is 1. The maximum atomic E-state index is 10.6. The Morgan fingerprint density at radius 1 is 1.50 bits per heavy atom. The maximum Gasteiger partial charge on any atom is 0.309 e. The Bertz CT molecular complexity index is 470. The van der Waals surface area contributed by atoms with Crippen molar-refractivity contribution in [3.63, 3.8) is 0 Å². The van der Waals surface area contributed by atoms with E-state index in [-0.39, 0.29) is 6.42 Å². The lowest BCUT2D eigenvalue weighted by atomic mass is 10.2. The van der Waals surface area contributed by atoms with Gasteiger partial charge in [0.1, 0.15) is 11.9 Å². The summed E-state index contributed by atoms with van der Waals surface area (Å²) in [5.41, 5.74) is 2.31. The average molecular weight is 283 g/mol. The topological polar surface area (TPSA) is 37.3 Å². The Balaban J connectivity index is 2.30. The molecule has 1 aromatic rings. The molecule has 0 amide bonds. The number of carbonyl (C=O) groups is 1. The largest absolute Gasteiger partial charge is 0.481 e. The van der Waals surface area contributed by atoms with E-state index in [0.29, 0.717) is 11.0 Å². The van der Waals surface area contributed by atoms with Gasteiger partial charge >= 0.3 is 5.97 Å². The van der Waals surface area contributed by atoms with Gasteiger partial charge in [0.25, 0.3) is 0 Å². The first kappa shape index (κ1) is 11.4. The third-order valence-corrected chi connectivity index (χ3v) is 3.41. The number of nitrogens with zero attached hydrogens (tertiary/aromatic N) is 1. The van der Waals surface area contributed by atoms with Crippen LogP contribution in [0.5, 0.6) is 0 Å². The predicted molar refractivity (Wildman–Crippen MR) is 68.0 cm³/mol. The summed E-state index contributed by atoms with van der Waals surface area (Å²) in [6.45, 7) is 0.579. The first-order valence-corrected chi connectivity index (χ1v) is 5.87. The maximum absolute atomic E-state index is 10.6. The number of benzene rings is 1. The van der Waals surface area contributed by atoms with Crippen LogP contribution < -0.4 is 4.48 Å². The molecule has 1 atom stereocenters. The SMILES string of the molecule is C[N+]1(CCC(=O)O)C=Cc2ccc(Br)cc21. The molecule has 1 N–H and O–H groups in total. The standard InChI is InChI=1S/C12H12BrNO2/c1-14(7-5-12(15)16)6-4-9-2-3-10(13)8-11(9)14/h2-4,6,8H,5,7H2,1H3/p+1. The highest BCUT2D eigenvalue weighted by Crippen LogP contribution is 2.36. The zero-order valence-corrected chi connectivity index (χ0v) is 10.6. The Labute approximate surface area is 103 Å². The zero-order valence-electron chi connectivity index (χ0n) is 8.98. The Hall–Kier alpha value is -1.13. The minimum Gasteiger partial charge on any atom is -0.481 e. The number of aliphatic carboxylic acids is 1. The number of carboxylic acid groups (broad SMARTS) is 1. The summed E-state index contributed by atoms with van der Waals surface area (Å²) < 4.78 is 1.58. The number of hydrogen-bond donors (Lipinski definition) is 1. The van der Waals surface area contributed by atoms with Gasteiger partial charge in [0.2, 0.25) is 0 Å². The van der Waals surface area contributed by atoms with E-state index in [1.165, 1.54) is 0 Å². The van der Waals surface area contributed by atoms with Crippen molar-refractivity contribution in [3.8, 4) is 0 Å². The third-order valence-electron chi connectivity index (χ3n) is 2.92. The van der Waals surface area contributed by atoms with Crippen LogP contribution in [-0.4, -0.2) is 24.7 Å². The first-order valence-electron chi connectivity index (χ1n) is 5.08. The van der Waals surface area contributed by atoms with Crippen LogP contribution in [0.15, 0.2) is 28.9 Å². The zero-order chi connectivity index (χ0) is 11.8. The van der Waals surface area contributed by atoms with E-state index in [4.69, 9.17) is 5.11 Å². The van der Waals surface area contributed by atoms with Gasteiger partial charge in [-0.25, -0.2) is 0 Å². The molecule has 0 saturated carbocycles. The molecule has 0 radical (unpaired) electrons. The van der Waals surface area contributed by atoms with E-state index in [1.54, 1.807) is 0 Å². The molecule has 3 nitrogen and oxygen atoms in total. The minimum absolute atomic E-state index is 0.173. The van der Waals surface area contributed by atoms with Gasteiger partial charge in [0.05, 0.1) is 20.0 Å². The van der Waals surface area contributed by atoms with Gasteiger partial charge in [0.15, 0.2) is 0 Å². The highest BCUT2D eigenvalue weighted by Gasteiger charge is 2.30. The van der Waals surface area contributed by atoms with Gasteiger partial charge < -0.3 is 5.11 Å². The molecule has 16 heavy (non-hydrogen) atoms. The van der Waals surface area contributed by atoms with E-state index in [2.05, 4.69) is 22.0 Å². The van der Waals surface area contributed by atoms with E-state index in [9.17, 15) is 4.79 Å². The third kappa shape index (κ3) is 2.03. The molecule has 0 spiro atoms. The summed E-state index contributed by atoms with van der Waals surface area (Å²) in [6.07, 6.45) is 4.26. The number of quaternary nitrogens is 1. The molecule has 84 valence electrons. The molecule has 1 aliphatic rings. The van der Waals surface area contributed by atoms with Crippen molar-refractivity contribution in [2.75, 3.05) is 13.6 Å². The minimum atomic E-state index is -0.754. The Morgan fingerprint density at radius 3 is 2.94 bits per heavy atom. The molecule has 0 aromatic heterocycles. The van der Waals surface area contributed by atoms with E-state index in [1.807, 2.05) is 31.5 Å². The van der Waals surface area contributed by atoms with Gasteiger partial charge in [0, 0.05) is 22.2 Å². The normalized spacial score (nSPS) is 22.1.